The number of amides is 1. The van der Waals surface area contributed by atoms with Crippen LogP contribution in [-0.4, -0.2) is 32.0 Å². The molecule has 0 aliphatic heterocycles. The Labute approximate surface area is 132 Å². The minimum atomic E-state index is -0.307. The second kappa shape index (κ2) is 6.11. The lowest BCUT2D eigenvalue weighted by atomic mass is 10.1. The first kappa shape index (κ1) is 14.5. The maximum atomic E-state index is 12.1. The van der Waals surface area contributed by atoms with Crippen molar-refractivity contribution in [3.63, 3.8) is 0 Å². The molecule has 1 N–H and O–H groups in total. The van der Waals surface area contributed by atoms with Gasteiger partial charge in [0, 0.05) is 23.5 Å². The molecule has 0 saturated heterocycles. The molecule has 0 saturated carbocycles. The van der Waals surface area contributed by atoms with Gasteiger partial charge >= 0.3 is 0 Å². The minimum absolute atomic E-state index is 0.123. The summed E-state index contributed by atoms with van der Waals surface area (Å²) in [5, 5.41) is 7.67. The first-order chi connectivity index (χ1) is 10.6. The van der Waals surface area contributed by atoms with E-state index < -0.39 is 0 Å². The third-order valence-corrected chi connectivity index (χ3v) is 3.50. The average Bonchev–Trinajstić information content (AvgIpc) is 2.95. The Balaban J connectivity index is 1.63. The molecule has 3 rings (SSSR count). The molecular weight excluding hydrogens is 302 g/mol. The van der Waals surface area contributed by atoms with Crippen LogP contribution >= 0.6 is 11.6 Å². The molecule has 6 nitrogen and oxygen atoms in total. The van der Waals surface area contributed by atoms with E-state index in [0.717, 1.165) is 11.3 Å². The van der Waals surface area contributed by atoms with Crippen LogP contribution < -0.4 is 5.32 Å². The van der Waals surface area contributed by atoms with Crippen molar-refractivity contribution in [1.29, 1.82) is 0 Å². The molecule has 0 aliphatic rings. The van der Waals surface area contributed by atoms with Crippen LogP contribution in [-0.2, 0) is 6.42 Å². The number of hydrogen-bond donors (Lipinski definition) is 1. The normalized spacial score (nSPS) is 10.8. The maximum Gasteiger partial charge on any atom is 0.291 e. The lowest BCUT2D eigenvalue weighted by molar-refractivity contribution is 0.0944. The number of nitrogens with one attached hydrogen (secondary N) is 1. The zero-order valence-corrected chi connectivity index (χ0v) is 12.7. The quantitative estimate of drug-likeness (QED) is 0.800. The van der Waals surface area contributed by atoms with Crippen LogP contribution in [0, 0.1) is 6.92 Å². The van der Waals surface area contributed by atoms with Gasteiger partial charge in [-0.05, 0) is 37.1 Å². The minimum Gasteiger partial charge on any atom is -0.349 e. The molecule has 22 heavy (non-hydrogen) atoms. The summed E-state index contributed by atoms with van der Waals surface area (Å²) in [6.07, 6.45) is 2.36. The van der Waals surface area contributed by atoms with Crippen molar-refractivity contribution in [2.24, 2.45) is 0 Å². The number of hydrogen-bond acceptors (Lipinski definition) is 4. The van der Waals surface area contributed by atoms with Crippen LogP contribution in [0.15, 0.2) is 36.5 Å². The molecule has 1 aromatic carbocycles. The number of nitrogens with zero attached hydrogens (tertiary/aromatic N) is 4. The molecule has 1 amide bonds. The summed E-state index contributed by atoms with van der Waals surface area (Å²) in [5.74, 6) is 0.236. The fourth-order valence-electron chi connectivity index (χ4n) is 2.05. The van der Waals surface area contributed by atoms with E-state index >= 15 is 0 Å². The summed E-state index contributed by atoms with van der Waals surface area (Å²) in [4.78, 5) is 20.3. The number of carbonyl (C=O) groups excluding carboxylic acids is 1. The standard InChI is InChI=1S/C15H14ClN5O/c1-10-6-8-18-15-19-13(20-21(10)15)14(22)17-9-7-11-2-4-12(16)5-3-11/h2-6,8H,7,9H2,1H3,(H,17,22). The Morgan fingerprint density at radius 3 is 2.77 bits per heavy atom. The SMILES string of the molecule is Cc1ccnc2nc(C(=O)NCCc3ccc(Cl)cc3)nn12. The molecule has 0 radical (unpaired) electrons. The molecule has 3 aromatic rings. The molecule has 0 unspecified atom stereocenters. The molecule has 7 heteroatoms. The van der Waals surface area contributed by atoms with Crippen molar-refractivity contribution in [1.82, 2.24) is 24.9 Å². The van der Waals surface area contributed by atoms with Gasteiger partial charge in [0.15, 0.2) is 0 Å². The van der Waals surface area contributed by atoms with Crippen molar-refractivity contribution in [3.8, 4) is 0 Å². The van der Waals surface area contributed by atoms with Gasteiger partial charge in [0.2, 0.25) is 5.82 Å². The zero-order valence-electron chi connectivity index (χ0n) is 12.0. The average molecular weight is 316 g/mol. The molecule has 112 valence electrons. The third kappa shape index (κ3) is 3.07. The summed E-state index contributed by atoms with van der Waals surface area (Å²) < 4.78 is 1.55. The molecule has 0 spiro atoms. The Hall–Kier alpha value is -2.47. The van der Waals surface area contributed by atoms with Crippen LogP contribution in [0.3, 0.4) is 0 Å². The van der Waals surface area contributed by atoms with Crippen molar-refractivity contribution >= 4 is 23.3 Å². The number of benzene rings is 1. The summed E-state index contributed by atoms with van der Waals surface area (Å²) in [5.41, 5.74) is 1.97. The van der Waals surface area contributed by atoms with Gasteiger partial charge < -0.3 is 5.32 Å². The predicted molar refractivity (Wildman–Crippen MR) is 83.0 cm³/mol. The molecular formula is C15H14ClN5O. The van der Waals surface area contributed by atoms with E-state index in [1.807, 2.05) is 37.3 Å². The van der Waals surface area contributed by atoms with Crippen LogP contribution in [0.4, 0.5) is 0 Å². The molecule has 0 aliphatic carbocycles. The van der Waals surface area contributed by atoms with E-state index in [2.05, 4.69) is 20.4 Å². The highest BCUT2D eigenvalue weighted by Crippen LogP contribution is 2.09. The Bertz CT molecular complexity index is 812. The number of fused-ring (bicyclic) bond motifs is 1. The van der Waals surface area contributed by atoms with Gasteiger partial charge in [0.05, 0.1) is 0 Å². The van der Waals surface area contributed by atoms with Crippen LogP contribution in [0.2, 0.25) is 5.02 Å². The second-order valence-corrected chi connectivity index (χ2v) is 5.30. The maximum absolute atomic E-state index is 12.1. The van der Waals surface area contributed by atoms with Crippen molar-refractivity contribution in [2.45, 2.75) is 13.3 Å². The van der Waals surface area contributed by atoms with Crippen molar-refractivity contribution in [3.05, 3.63) is 58.6 Å². The fourth-order valence-corrected chi connectivity index (χ4v) is 2.18. The van der Waals surface area contributed by atoms with Crippen LogP contribution in [0.25, 0.3) is 5.78 Å². The molecule has 0 bridgehead atoms. The summed E-state index contributed by atoms with van der Waals surface area (Å²) in [6.45, 7) is 2.38. The Kier molecular flexibility index (Phi) is 4.02. The monoisotopic (exact) mass is 315 g/mol. The van der Waals surface area contributed by atoms with Crippen LogP contribution in [0.5, 0.6) is 0 Å². The van der Waals surface area contributed by atoms with E-state index in [-0.39, 0.29) is 11.7 Å². The second-order valence-electron chi connectivity index (χ2n) is 4.87. The van der Waals surface area contributed by atoms with Gasteiger partial charge in [-0.3, -0.25) is 4.79 Å². The molecule has 2 heterocycles. The first-order valence-electron chi connectivity index (χ1n) is 6.84. The topological polar surface area (TPSA) is 72.2 Å². The number of aryl methyl sites for hydroxylation is 1. The highest BCUT2D eigenvalue weighted by atomic mass is 35.5. The first-order valence-corrected chi connectivity index (χ1v) is 7.22. The van der Waals surface area contributed by atoms with Gasteiger partial charge in [-0.15, -0.1) is 5.10 Å². The highest BCUT2D eigenvalue weighted by molar-refractivity contribution is 6.30. The zero-order chi connectivity index (χ0) is 15.5. The Morgan fingerprint density at radius 2 is 2.05 bits per heavy atom. The van der Waals surface area contributed by atoms with Gasteiger partial charge in [-0.25, -0.2) is 9.50 Å². The fraction of sp³-hybridized carbons (Fsp3) is 0.200. The largest absolute Gasteiger partial charge is 0.349 e. The smallest absolute Gasteiger partial charge is 0.291 e. The van der Waals surface area contributed by atoms with E-state index in [1.54, 1.807) is 10.7 Å². The van der Waals surface area contributed by atoms with E-state index in [1.165, 1.54) is 0 Å². The van der Waals surface area contributed by atoms with Crippen molar-refractivity contribution in [2.75, 3.05) is 6.54 Å². The van der Waals surface area contributed by atoms with E-state index in [0.29, 0.717) is 23.8 Å². The lowest BCUT2D eigenvalue weighted by Gasteiger charge is -2.03. The molecule has 2 aromatic heterocycles. The summed E-state index contributed by atoms with van der Waals surface area (Å²) in [7, 11) is 0. The number of aromatic nitrogens is 4. The van der Waals surface area contributed by atoms with E-state index in [9.17, 15) is 4.79 Å². The Morgan fingerprint density at radius 1 is 1.27 bits per heavy atom. The number of rotatable bonds is 4. The van der Waals surface area contributed by atoms with Crippen molar-refractivity contribution < 1.29 is 4.79 Å². The summed E-state index contributed by atoms with van der Waals surface area (Å²) in [6, 6.07) is 9.34. The van der Waals surface area contributed by atoms with Gasteiger partial charge in [0.1, 0.15) is 0 Å². The number of carbonyl (C=O) groups is 1. The third-order valence-electron chi connectivity index (χ3n) is 3.25. The van der Waals surface area contributed by atoms with Gasteiger partial charge in [0.25, 0.3) is 11.7 Å². The highest BCUT2D eigenvalue weighted by Gasteiger charge is 2.13. The summed E-state index contributed by atoms with van der Waals surface area (Å²) >= 11 is 5.83. The van der Waals surface area contributed by atoms with Crippen LogP contribution in [0.1, 0.15) is 21.9 Å². The van der Waals surface area contributed by atoms with E-state index in [4.69, 9.17) is 11.6 Å². The number of halogens is 1. The lowest BCUT2D eigenvalue weighted by Crippen LogP contribution is -2.26. The molecule has 0 atom stereocenters. The predicted octanol–water partition coefficient (Wildman–Crippen LogP) is 2.06. The molecule has 0 fully saturated rings. The van der Waals surface area contributed by atoms with Gasteiger partial charge in [-0.2, -0.15) is 4.98 Å². The van der Waals surface area contributed by atoms with Gasteiger partial charge in [-0.1, -0.05) is 23.7 Å².